The Morgan fingerprint density at radius 1 is 1.14 bits per heavy atom. The number of nitriles is 1. The molecule has 0 aliphatic heterocycles. The number of esters is 1. The zero-order chi connectivity index (χ0) is 19.9. The highest BCUT2D eigenvalue weighted by atomic mass is 32.1. The van der Waals surface area contributed by atoms with Crippen LogP contribution in [0.25, 0.3) is 0 Å². The number of carbonyl (C=O) groups is 2. The van der Waals surface area contributed by atoms with Gasteiger partial charge in [0.1, 0.15) is 12.4 Å². The Hall–Kier alpha value is -3.63. The van der Waals surface area contributed by atoms with E-state index in [1.165, 1.54) is 13.2 Å². The van der Waals surface area contributed by atoms with E-state index in [-0.39, 0.29) is 5.56 Å². The van der Waals surface area contributed by atoms with Crippen molar-refractivity contribution in [3.63, 3.8) is 0 Å². The third-order valence-corrected chi connectivity index (χ3v) is 4.73. The average molecular weight is 392 g/mol. The highest BCUT2D eigenvalue weighted by Gasteiger charge is 2.16. The molecule has 6 nitrogen and oxygen atoms in total. The second kappa shape index (κ2) is 8.84. The van der Waals surface area contributed by atoms with Gasteiger partial charge in [-0.05, 0) is 53.9 Å². The van der Waals surface area contributed by atoms with E-state index in [1.807, 2.05) is 23.6 Å². The van der Waals surface area contributed by atoms with Crippen LogP contribution in [0.15, 0.2) is 60.0 Å². The largest absolute Gasteiger partial charge is 0.488 e. The number of ether oxygens (including phenoxy) is 2. The molecule has 0 unspecified atom stereocenters. The summed E-state index contributed by atoms with van der Waals surface area (Å²) in [5.74, 6) is -0.497. The van der Waals surface area contributed by atoms with E-state index < -0.39 is 11.9 Å². The highest BCUT2D eigenvalue weighted by Crippen LogP contribution is 2.25. The molecule has 0 aliphatic rings. The Balaban J connectivity index is 1.79. The molecule has 0 radical (unpaired) electrons. The van der Waals surface area contributed by atoms with Crippen LogP contribution >= 0.6 is 11.3 Å². The van der Waals surface area contributed by atoms with Gasteiger partial charge in [0.05, 0.1) is 30.0 Å². The molecule has 3 rings (SSSR count). The fourth-order valence-electron chi connectivity index (χ4n) is 2.44. The molecule has 1 aromatic heterocycles. The van der Waals surface area contributed by atoms with E-state index in [0.29, 0.717) is 29.2 Å². The number of anilines is 1. The second-order valence-electron chi connectivity index (χ2n) is 5.71. The van der Waals surface area contributed by atoms with Gasteiger partial charge in [-0.1, -0.05) is 6.07 Å². The van der Waals surface area contributed by atoms with Gasteiger partial charge in [-0.25, -0.2) is 4.79 Å². The SMILES string of the molecule is COC(=O)c1cc(OCc2cccs2)ccc1NC(=O)c1ccc(C#N)cc1. The van der Waals surface area contributed by atoms with E-state index in [2.05, 4.69) is 5.32 Å². The minimum absolute atomic E-state index is 0.188. The summed E-state index contributed by atoms with van der Waals surface area (Å²) < 4.78 is 10.5. The van der Waals surface area contributed by atoms with Crippen LogP contribution in [0.4, 0.5) is 5.69 Å². The van der Waals surface area contributed by atoms with Gasteiger partial charge in [-0.2, -0.15) is 5.26 Å². The average Bonchev–Trinajstić information content (AvgIpc) is 3.26. The molecular weight excluding hydrogens is 376 g/mol. The summed E-state index contributed by atoms with van der Waals surface area (Å²) in [6.45, 7) is 0.384. The molecule has 28 heavy (non-hydrogen) atoms. The molecule has 140 valence electrons. The summed E-state index contributed by atoms with van der Waals surface area (Å²) in [6, 6.07) is 16.9. The van der Waals surface area contributed by atoms with Crippen LogP contribution in [0.1, 0.15) is 31.2 Å². The van der Waals surface area contributed by atoms with Crippen molar-refractivity contribution in [1.82, 2.24) is 0 Å². The topological polar surface area (TPSA) is 88.4 Å². The monoisotopic (exact) mass is 392 g/mol. The Bertz CT molecular complexity index is 1020. The first kappa shape index (κ1) is 19.1. The lowest BCUT2D eigenvalue weighted by Gasteiger charge is -2.12. The molecule has 1 N–H and O–H groups in total. The third kappa shape index (κ3) is 4.55. The van der Waals surface area contributed by atoms with Crippen molar-refractivity contribution in [2.24, 2.45) is 0 Å². The van der Waals surface area contributed by atoms with E-state index in [1.54, 1.807) is 47.7 Å². The summed E-state index contributed by atoms with van der Waals surface area (Å²) in [7, 11) is 1.27. The number of hydrogen-bond donors (Lipinski definition) is 1. The standard InChI is InChI=1S/C21H16N2O4S/c1-26-21(25)18-11-16(27-13-17-3-2-10-28-17)8-9-19(18)23-20(24)15-6-4-14(12-22)5-7-15/h2-11H,13H2,1H3,(H,23,24). The van der Waals surface area contributed by atoms with Crippen molar-refractivity contribution in [2.75, 3.05) is 12.4 Å². The lowest BCUT2D eigenvalue weighted by molar-refractivity contribution is 0.0601. The number of benzene rings is 2. The van der Waals surface area contributed by atoms with Gasteiger partial charge in [0, 0.05) is 10.4 Å². The van der Waals surface area contributed by atoms with Crippen LogP contribution in [-0.4, -0.2) is 19.0 Å². The first-order chi connectivity index (χ1) is 13.6. The van der Waals surface area contributed by atoms with Crippen LogP contribution in [0, 0.1) is 11.3 Å². The number of rotatable bonds is 6. The van der Waals surface area contributed by atoms with Gasteiger partial charge in [-0.3, -0.25) is 4.79 Å². The molecule has 0 aliphatic carbocycles. The quantitative estimate of drug-likeness (QED) is 0.634. The van der Waals surface area contributed by atoms with Gasteiger partial charge in [0.25, 0.3) is 5.91 Å². The number of nitrogens with one attached hydrogen (secondary N) is 1. The Morgan fingerprint density at radius 3 is 2.57 bits per heavy atom. The lowest BCUT2D eigenvalue weighted by atomic mass is 10.1. The number of nitrogens with zero attached hydrogens (tertiary/aromatic N) is 1. The predicted molar refractivity (Wildman–Crippen MR) is 106 cm³/mol. The van der Waals surface area contributed by atoms with Crippen molar-refractivity contribution in [3.8, 4) is 11.8 Å². The minimum Gasteiger partial charge on any atom is -0.488 e. The fraction of sp³-hybridized carbons (Fsp3) is 0.0952. The van der Waals surface area contributed by atoms with Crippen LogP contribution < -0.4 is 10.1 Å². The van der Waals surface area contributed by atoms with Crippen LogP contribution in [0.5, 0.6) is 5.75 Å². The van der Waals surface area contributed by atoms with E-state index in [4.69, 9.17) is 14.7 Å². The molecule has 0 spiro atoms. The summed E-state index contributed by atoms with van der Waals surface area (Å²) in [5, 5.41) is 13.5. The molecule has 0 saturated heterocycles. The maximum Gasteiger partial charge on any atom is 0.340 e. The predicted octanol–water partition coefficient (Wildman–Crippen LogP) is 4.24. The van der Waals surface area contributed by atoms with Gasteiger partial charge in [0.2, 0.25) is 0 Å². The molecule has 7 heteroatoms. The van der Waals surface area contributed by atoms with E-state index >= 15 is 0 Å². The maximum atomic E-state index is 12.5. The van der Waals surface area contributed by atoms with Crippen LogP contribution in [-0.2, 0) is 11.3 Å². The molecule has 0 bridgehead atoms. The number of amides is 1. The van der Waals surface area contributed by atoms with Gasteiger partial charge < -0.3 is 14.8 Å². The van der Waals surface area contributed by atoms with Crippen LogP contribution in [0.2, 0.25) is 0 Å². The van der Waals surface area contributed by atoms with E-state index in [0.717, 1.165) is 4.88 Å². The molecule has 0 saturated carbocycles. The molecule has 1 amide bonds. The van der Waals surface area contributed by atoms with Gasteiger partial charge >= 0.3 is 5.97 Å². The zero-order valence-electron chi connectivity index (χ0n) is 15.0. The smallest absolute Gasteiger partial charge is 0.340 e. The maximum absolute atomic E-state index is 12.5. The summed E-state index contributed by atoms with van der Waals surface area (Å²) in [5.41, 5.74) is 1.32. The lowest BCUT2D eigenvalue weighted by Crippen LogP contribution is -2.15. The van der Waals surface area contributed by atoms with Gasteiger partial charge in [0.15, 0.2) is 0 Å². The number of thiophene rings is 1. The first-order valence-electron chi connectivity index (χ1n) is 8.30. The summed E-state index contributed by atoms with van der Waals surface area (Å²) in [6.07, 6.45) is 0. The molecule has 3 aromatic rings. The van der Waals surface area contributed by atoms with Crippen molar-refractivity contribution in [2.45, 2.75) is 6.61 Å². The van der Waals surface area contributed by atoms with Crippen molar-refractivity contribution in [3.05, 3.63) is 81.5 Å². The van der Waals surface area contributed by atoms with E-state index in [9.17, 15) is 9.59 Å². The summed E-state index contributed by atoms with van der Waals surface area (Å²) in [4.78, 5) is 25.7. The second-order valence-corrected chi connectivity index (χ2v) is 6.74. The van der Waals surface area contributed by atoms with Crippen LogP contribution in [0.3, 0.4) is 0 Å². The first-order valence-corrected chi connectivity index (χ1v) is 9.17. The molecule has 2 aromatic carbocycles. The molecule has 0 atom stereocenters. The number of methoxy groups -OCH3 is 1. The number of carbonyl (C=O) groups excluding carboxylic acids is 2. The van der Waals surface area contributed by atoms with Gasteiger partial charge in [-0.15, -0.1) is 11.3 Å². The molecule has 0 fully saturated rings. The molecule has 1 heterocycles. The third-order valence-electron chi connectivity index (χ3n) is 3.88. The molecular formula is C21H16N2O4S. The Kier molecular flexibility index (Phi) is 6.04. The van der Waals surface area contributed by atoms with Crippen molar-refractivity contribution < 1.29 is 19.1 Å². The van der Waals surface area contributed by atoms with Crippen molar-refractivity contribution >= 4 is 28.9 Å². The highest BCUT2D eigenvalue weighted by molar-refractivity contribution is 7.09. The minimum atomic E-state index is -0.586. The normalized spacial score (nSPS) is 10.0. The van der Waals surface area contributed by atoms with Crippen molar-refractivity contribution in [1.29, 1.82) is 5.26 Å². The zero-order valence-corrected chi connectivity index (χ0v) is 15.8. The summed E-state index contributed by atoms with van der Waals surface area (Å²) >= 11 is 1.58. The fourth-order valence-corrected chi connectivity index (χ4v) is 3.06. The Morgan fingerprint density at radius 2 is 1.93 bits per heavy atom. The number of hydrogen-bond acceptors (Lipinski definition) is 6. The Labute approximate surface area is 166 Å².